The van der Waals surface area contributed by atoms with Crippen LogP contribution in [0.3, 0.4) is 0 Å². The highest BCUT2D eigenvalue weighted by atomic mass is 35.5. The van der Waals surface area contributed by atoms with Gasteiger partial charge in [-0.05, 0) is 24.7 Å². The second-order valence-corrected chi connectivity index (χ2v) is 6.05. The van der Waals surface area contributed by atoms with Crippen molar-refractivity contribution in [2.45, 2.75) is 50.0 Å². The molecule has 0 aromatic heterocycles. The first kappa shape index (κ1) is 12.8. The lowest BCUT2D eigenvalue weighted by atomic mass is 9.54. The molecule has 1 unspecified atom stereocenters. The maximum atomic E-state index is 12.0. The number of carbonyl (C=O) groups excluding carboxylic acids is 2. The van der Waals surface area contributed by atoms with Gasteiger partial charge in [-0.15, -0.1) is 11.6 Å². The van der Waals surface area contributed by atoms with Gasteiger partial charge in [0.05, 0.1) is 11.5 Å². The van der Waals surface area contributed by atoms with E-state index in [0.29, 0.717) is 12.8 Å². The summed E-state index contributed by atoms with van der Waals surface area (Å²) in [6.07, 6.45) is 3.48. The summed E-state index contributed by atoms with van der Waals surface area (Å²) in [5.41, 5.74) is 3.58. The Balaban J connectivity index is 2.39. The Bertz CT molecular complexity index is 373. The molecule has 2 aliphatic carbocycles. The van der Waals surface area contributed by atoms with Crippen LogP contribution in [0, 0.1) is 11.3 Å². The van der Waals surface area contributed by atoms with Crippen LogP contribution < -0.4 is 5.73 Å². The van der Waals surface area contributed by atoms with Gasteiger partial charge in [0.15, 0.2) is 5.78 Å². The highest BCUT2D eigenvalue weighted by molar-refractivity contribution is 6.34. The van der Waals surface area contributed by atoms with Crippen LogP contribution in [0.4, 0.5) is 0 Å². The van der Waals surface area contributed by atoms with Crippen LogP contribution >= 0.6 is 11.6 Å². The number of carbonyl (C=O) groups is 2. The number of amides is 1. The van der Waals surface area contributed by atoms with Gasteiger partial charge < -0.3 is 10.8 Å². The minimum Gasteiger partial charge on any atom is -0.387 e. The van der Waals surface area contributed by atoms with Gasteiger partial charge in [0.2, 0.25) is 5.91 Å². The standard InChI is InChI=1S/C12H18ClNO3/c1-11-4-2-3-5-12(11,17)9(13)8(15)7(6-11)10(14)16/h7,9,17H,2-6H2,1H3,(H2,14,16)/t7?,9-,11-,12+/m1/s1. The van der Waals surface area contributed by atoms with E-state index < -0.39 is 34.0 Å². The number of primary amides is 1. The molecule has 1 amide bonds. The Morgan fingerprint density at radius 2 is 2.06 bits per heavy atom. The van der Waals surface area contributed by atoms with Gasteiger partial charge in [-0.25, -0.2) is 0 Å². The fraction of sp³-hybridized carbons (Fsp3) is 0.833. The molecule has 0 radical (unpaired) electrons. The largest absolute Gasteiger partial charge is 0.387 e. The second kappa shape index (κ2) is 3.95. The van der Waals surface area contributed by atoms with Crippen LogP contribution in [-0.4, -0.2) is 27.8 Å². The van der Waals surface area contributed by atoms with E-state index in [1.165, 1.54) is 0 Å². The Labute approximate surface area is 106 Å². The Morgan fingerprint density at radius 3 is 2.65 bits per heavy atom. The molecule has 4 atom stereocenters. The minimum absolute atomic E-state index is 0.320. The van der Waals surface area contributed by atoms with Crippen LogP contribution in [0.25, 0.3) is 0 Å². The molecule has 0 saturated heterocycles. The van der Waals surface area contributed by atoms with E-state index in [9.17, 15) is 14.7 Å². The van der Waals surface area contributed by atoms with Crippen LogP contribution in [-0.2, 0) is 9.59 Å². The molecule has 0 heterocycles. The molecule has 5 heteroatoms. The van der Waals surface area contributed by atoms with Crippen LogP contribution in [0.1, 0.15) is 39.0 Å². The highest BCUT2D eigenvalue weighted by Gasteiger charge is 2.61. The third kappa shape index (κ3) is 1.69. The summed E-state index contributed by atoms with van der Waals surface area (Å²) in [6, 6.07) is 0. The van der Waals surface area contributed by atoms with Crippen LogP contribution in [0.5, 0.6) is 0 Å². The molecule has 2 fully saturated rings. The van der Waals surface area contributed by atoms with Gasteiger partial charge in [0.1, 0.15) is 5.38 Å². The molecule has 3 N–H and O–H groups in total. The quantitative estimate of drug-likeness (QED) is 0.544. The normalized spacial score (nSPS) is 46.4. The van der Waals surface area contributed by atoms with Gasteiger partial charge >= 0.3 is 0 Å². The number of Topliss-reactive ketones (excluding diaryl/α,β-unsaturated/α-hetero) is 1. The van der Waals surface area contributed by atoms with E-state index in [4.69, 9.17) is 17.3 Å². The zero-order chi connectivity index (χ0) is 12.8. The van der Waals surface area contributed by atoms with Crippen molar-refractivity contribution in [2.75, 3.05) is 0 Å². The first-order chi connectivity index (χ1) is 7.82. The summed E-state index contributed by atoms with van der Waals surface area (Å²) in [5.74, 6) is -1.89. The van der Waals surface area contributed by atoms with Gasteiger partial charge in [-0.1, -0.05) is 19.8 Å². The average Bonchev–Trinajstić information content (AvgIpc) is 2.27. The lowest BCUT2D eigenvalue weighted by Crippen LogP contribution is -2.64. The zero-order valence-corrected chi connectivity index (χ0v) is 10.7. The molecule has 2 aliphatic rings. The SMILES string of the molecule is C[C@]12CCCC[C@]1(O)[C@H](Cl)C(=O)C(C(N)=O)C2. The average molecular weight is 260 g/mol. The van der Waals surface area contributed by atoms with Gasteiger partial charge in [-0.3, -0.25) is 9.59 Å². The molecule has 2 saturated carbocycles. The Morgan fingerprint density at radius 1 is 1.47 bits per heavy atom. The predicted molar refractivity (Wildman–Crippen MR) is 63.5 cm³/mol. The predicted octanol–water partition coefficient (Wildman–Crippen LogP) is 0.980. The second-order valence-electron chi connectivity index (χ2n) is 5.62. The summed E-state index contributed by atoms with van der Waals surface area (Å²) in [4.78, 5) is 23.3. The Hall–Kier alpha value is -0.610. The van der Waals surface area contributed by atoms with Crippen molar-refractivity contribution < 1.29 is 14.7 Å². The van der Waals surface area contributed by atoms with Crippen molar-refractivity contribution in [3.8, 4) is 0 Å². The topological polar surface area (TPSA) is 80.4 Å². The van der Waals surface area contributed by atoms with Crippen molar-refractivity contribution in [2.24, 2.45) is 17.1 Å². The maximum Gasteiger partial charge on any atom is 0.228 e. The summed E-state index contributed by atoms with van der Waals surface area (Å²) in [6.45, 7) is 1.91. The molecule has 96 valence electrons. The molecule has 0 spiro atoms. The number of aliphatic hydroxyl groups is 1. The van der Waals surface area contributed by atoms with Crippen LogP contribution in [0.2, 0.25) is 0 Å². The smallest absolute Gasteiger partial charge is 0.228 e. The number of ketones is 1. The monoisotopic (exact) mass is 259 g/mol. The molecule has 4 nitrogen and oxygen atoms in total. The summed E-state index contributed by atoms with van der Waals surface area (Å²) in [7, 11) is 0. The number of hydrogen-bond donors (Lipinski definition) is 2. The van der Waals surface area contributed by atoms with Crippen molar-refractivity contribution in [1.29, 1.82) is 0 Å². The number of fused-ring (bicyclic) bond motifs is 1. The van der Waals surface area contributed by atoms with E-state index in [-0.39, 0.29) is 0 Å². The fourth-order valence-corrected chi connectivity index (χ4v) is 3.87. The fourth-order valence-electron chi connectivity index (χ4n) is 3.34. The summed E-state index contributed by atoms with van der Waals surface area (Å²) in [5, 5.41) is 9.67. The number of hydrogen-bond acceptors (Lipinski definition) is 3. The van der Waals surface area contributed by atoms with E-state index in [1.54, 1.807) is 0 Å². The van der Waals surface area contributed by atoms with Crippen molar-refractivity contribution in [1.82, 2.24) is 0 Å². The molecule has 0 aromatic carbocycles. The minimum atomic E-state index is -1.18. The van der Waals surface area contributed by atoms with E-state index in [0.717, 1.165) is 19.3 Å². The van der Waals surface area contributed by atoms with Gasteiger partial charge in [0.25, 0.3) is 0 Å². The van der Waals surface area contributed by atoms with Crippen LogP contribution in [0.15, 0.2) is 0 Å². The number of alkyl halides is 1. The van der Waals surface area contributed by atoms with E-state index in [1.807, 2.05) is 6.92 Å². The van der Waals surface area contributed by atoms with Crippen molar-refractivity contribution in [3.05, 3.63) is 0 Å². The van der Waals surface area contributed by atoms with E-state index >= 15 is 0 Å². The Kier molecular flexibility index (Phi) is 2.99. The highest BCUT2D eigenvalue weighted by Crippen LogP contribution is 2.54. The third-order valence-corrected chi connectivity index (χ3v) is 5.17. The molecule has 0 bridgehead atoms. The van der Waals surface area contributed by atoms with Crippen molar-refractivity contribution >= 4 is 23.3 Å². The van der Waals surface area contributed by atoms with Gasteiger partial charge in [0, 0.05) is 0 Å². The molecule has 0 aliphatic heterocycles. The lowest BCUT2D eigenvalue weighted by molar-refractivity contribution is -0.164. The molecular weight excluding hydrogens is 242 g/mol. The lowest BCUT2D eigenvalue weighted by Gasteiger charge is -2.54. The molecular formula is C12H18ClNO3. The summed E-state index contributed by atoms with van der Waals surface area (Å²) < 4.78 is 0. The van der Waals surface area contributed by atoms with Gasteiger partial charge in [-0.2, -0.15) is 0 Å². The first-order valence-electron chi connectivity index (χ1n) is 6.01. The number of rotatable bonds is 1. The first-order valence-corrected chi connectivity index (χ1v) is 6.45. The van der Waals surface area contributed by atoms with E-state index in [2.05, 4.69) is 0 Å². The summed E-state index contributed by atoms with van der Waals surface area (Å²) >= 11 is 6.10. The molecule has 17 heavy (non-hydrogen) atoms. The number of nitrogens with two attached hydrogens (primary N) is 1. The number of halogens is 1. The zero-order valence-electron chi connectivity index (χ0n) is 9.91. The maximum absolute atomic E-state index is 12.0. The third-order valence-electron chi connectivity index (χ3n) is 4.59. The van der Waals surface area contributed by atoms with Crippen molar-refractivity contribution in [3.63, 3.8) is 0 Å². The molecule has 2 rings (SSSR count). The molecule has 0 aromatic rings.